The molecule has 0 aliphatic rings. The van der Waals surface area contributed by atoms with Crippen LogP contribution in [0.4, 0.5) is 13.2 Å². The lowest BCUT2D eigenvalue weighted by molar-refractivity contribution is -0.135. The van der Waals surface area contributed by atoms with Gasteiger partial charge in [-0.05, 0) is 26.3 Å². The molecule has 0 aliphatic carbocycles. The van der Waals surface area contributed by atoms with Gasteiger partial charge in [0.1, 0.15) is 0 Å². The molecule has 0 aromatic heterocycles. The monoisotopic (exact) mass is 195 g/mol. The van der Waals surface area contributed by atoms with Crippen LogP contribution in [0.3, 0.4) is 0 Å². The Morgan fingerprint density at radius 1 is 1.46 bits per heavy atom. The number of halogens is 3. The van der Waals surface area contributed by atoms with E-state index in [0.29, 0.717) is 6.54 Å². The first-order valence-electron chi connectivity index (χ1n) is 4.36. The van der Waals surface area contributed by atoms with E-state index in [-0.39, 0.29) is 12.5 Å². The summed E-state index contributed by atoms with van der Waals surface area (Å²) in [4.78, 5) is 0. The molecule has 0 aromatic rings. The van der Waals surface area contributed by atoms with Gasteiger partial charge in [-0.3, -0.25) is 0 Å². The minimum atomic E-state index is -4.02. The van der Waals surface area contributed by atoms with Gasteiger partial charge < -0.3 is 5.32 Å². The molecule has 0 aromatic carbocycles. The summed E-state index contributed by atoms with van der Waals surface area (Å²) >= 11 is 0. The normalized spacial score (nSPS) is 14.2. The van der Waals surface area contributed by atoms with Crippen LogP contribution in [0.5, 0.6) is 0 Å². The molecule has 0 spiro atoms. The van der Waals surface area contributed by atoms with E-state index in [1.54, 1.807) is 6.08 Å². The van der Waals surface area contributed by atoms with Crippen LogP contribution in [0.15, 0.2) is 12.7 Å². The van der Waals surface area contributed by atoms with E-state index in [2.05, 4.69) is 11.9 Å². The van der Waals surface area contributed by atoms with E-state index < -0.39 is 12.6 Å². The van der Waals surface area contributed by atoms with E-state index in [1.807, 2.05) is 6.92 Å². The van der Waals surface area contributed by atoms with Crippen molar-refractivity contribution in [3.05, 3.63) is 12.7 Å². The number of rotatable bonds is 6. The molecule has 0 saturated carbocycles. The molecule has 4 heteroatoms. The molecule has 0 heterocycles. The second-order valence-electron chi connectivity index (χ2n) is 3.10. The number of alkyl halides is 3. The highest BCUT2D eigenvalue weighted by Crippen LogP contribution is 2.20. The molecule has 13 heavy (non-hydrogen) atoms. The van der Waals surface area contributed by atoms with Crippen LogP contribution in [0.2, 0.25) is 0 Å². The molecule has 1 unspecified atom stereocenters. The molecule has 0 saturated heterocycles. The third-order valence-electron chi connectivity index (χ3n) is 1.65. The van der Waals surface area contributed by atoms with Crippen molar-refractivity contribution >= 4 is 0 Å². The van der Waals surface area contributed by atoms with Crippen molar-refractivity contribution < 1.29 is 13.2 Å². The highest BCUT2D eigenvalue weighted by Gasteiger charge is 2.25. The molecule has 0 rings (SSSR count). The zero-order valence-corrected chi connectivity index (χ0v) is 7.82. The quantitative estimate of drug-likeness (QED) is 0.507. The van der Waals surface area contributed by atoms with Crippen molar-refractivity contribution in [3.63, 3.8) is 0 Å². The molecule has 0 radical (unpaired) electrons. The van der Waals surface area contributed by atoms with Crippen LogP contribution in [0, 0.1) is 0 Å². The highest BCUT2D eigenvalue weighted by molar-refractivity contribution is 4.74. The minimum Gasteiger partial charge on any atom is -0.314 e. The van der Waals surface area contributed by atoms with Gasteiger partial charge in [0.05, 0.1) is 0 Å². The molecule has 0 amide bonds. The predicted octanol–water partition coefficient (Wildman–Crippen LogP) is 2.88. The van der Waals surface area contributed by atoms with E-state index in [4.69, 9.17) is 0 Å². The van der Waals surface area contributed by atoms with E-state index in [0.717, 1.165) is 6.42 Å². The van der Waals surface area contributed by atoms with Crippen LogP contribution in [-0.4, -0.2) is 18.8 Å². The molecule has 0 aliphatic heterocycles. The Labute approximate surface area is 77.0 Å². The van der Waals surface area contributed by atoms with Gasteiger partial charge in [0.25, 0.3) is 0 Å². The van der Waals surface area contributed by atoms with Crippen molar-refractivity contribution in [2.45, 2.75) is 38.4 Å². The largest absolute Gasteiger partial charge is 0.389 e. The zero-order chi connectivity index (χ0) is 10.3. The fourth-order valence-electron chi connectivity index (χ4n) is 0.971. The molecule has 0 bridgehead atoms. The van der Waals surface area contributed by atoms with Gasteiger partial charge >= 0.3 is 6.18 Å². The van der Waals surface area contributed by atoms with Gasteiger partial charge in [-0.1, -0.05) is 6.08 Å². The van der Waals surface area contributed by atoms with Gasteiger partial charge in [0, 0.05) is 12.5 Å². The van der Waals surface area contributed by atoms with Crippen LogP contribution >= 0.6 is 0 Å². The summed E-state index contributed by atoms with van der Waals surface area (Å²) < 4.78 is 35.1. The molecule has 1 N–H and O–H groups in total. The summed E-state index contributed by atoms with van der Waals surface area (Å²) in [7, 11) is 0. The topological polar surface area (TPSA) is 12.0 Å². The van der Waals surface area contributed by atoms with Crippen LogP contribution in [-0.2, 0) is 0 Å². The van der Waals surface area contributed by atoms with Gasteiger partial charge in [-0.25, -0.2) is 0 Å². The second kappa shape index (κ2) is 6.02. The molecule has 78 valence electrons. The Morgan fingerprint density at radius 2 is 2.08 bits per heavy atom. The highest BCUT2D eigenvalue weighted by atomic mass is 19.4. The number of hydrogen-bond acceptors (Lipinski definition) is 1. The summed E-state index contributed by atoms with van der Waals surface area (Å²) in [5.41, 5.74) is 0. The molecule has 1 atom stereocenters. The van der Waals surface area contributed by atoms with Crippen molar-refractivity contribution in [2.24, 2.45) is 0 Å². The molecular formula is C9H16F3N. The van der Waals surface area contributed by atoms with Crippen molar-refractivity contribution in [3.8, 4) is 0 Å². The summed E-state index contributed by atoms with van der Waals surface area (Å²) in [6, 6.07) is 0.214. The smallest absolute Gasteiger partial charge is 0.314 e. The van der Waals surface area contributed by atoms with Gasteiger partial charge in [0.2, 0.25) is 0 Å². The Balaban J connectivity index is 3.30. The lowest BCUT2D eigenvalue weighted by atomic mass is 10.2. The van der Waals surface area contributed by atoms with Gasteiger partial charge in [-0.2, -0.15) is 13.2 Å². The fraction of sp³-hybridized carbons (Fsp3) is 0.778. The molecule has 1 nitrogen and oxygen atoms in total. The summed E-state index contributed by atoms with van der Waals surface area (Å²) in [6.45, 7) is 5.89. The van der Waals surface area contributed by atoms with Crippen molar-refractivity contribution in [1.82, 2.24) is 5.32 Å². The summed E-state index contributed by atoms with van der Waals surface area (Å²) in [6.07, 6.45) is -2.05. The zero-order valence-electron chi connectivity index (χ0n) is 7.82. The lowest BCUT2D eigenvalue weighted by Gasteiger charge is -2.11. The Hall–Kier alpha value is -0.510. The molecular weight excluding hydrogens is 179 g/mol. The second-order valence-corrected chi connectivity index (χ2v) is 3.10. The van der Waals surface area contributed by atoms with E-state index >= 15 is 0 Å². The molecule has 0 fully saturated rings. The minimum absolute atomic E-state index is 0.144. The van der Waals surface area contributed by atoms with E-state index in [1.165, 1.54) is 0 Å². The standard InChI is InChI=1S/C9H16F3N/c1-3-5-8(2)13-7-4-6-9(10,11)12/h3,8,13H,1,4-7H2,2H3. The number of hydrogen-bond donors (Lipinski definition) is 1. The summed E-state index contributed by atoms with van der Waals surface area (Å²) in [5, 5.41) is 2.98. The van der Waals surface area contributed by atoms with Gasteiger partial charge in [0.15, 0.2) is 0 Å². The first-order chi connectivity index (χ1) is 5.95. The van der Waals surface area contributed by atoms with Crippen LogP contribution < -0.4 is 5.32 Å². The van der Waals surface area contributed by atoms with Crippen molar-refractivity contribution in [2.75, 3.05) is 6.54 Å². The maximum absolute atomic E-state index is 11.7. The predicted molar refractivity (Wildman–Crippen MR) is 47.6 cm³/mol. The van der Waals surface area contributed by atoms with Crippen molar-refractivity contribution in [1.29, 1.82) is 0 Å². The number of nitrogens with one attached hydrogen (secondary N) is 1. The fourth-order valence-corrected chi connectivity index (χ4v) is 0.971. The Kier molecular flexibility index (Phi) is 5.79. The average Bonchev–Trinajstić information content (AvgIpc) is 1.97. The first-order valence-corrected chi connectivity index (χ1v) is 4.36. The van der Waals surface area contributed by atoms with Crippen LogP contribution in [0.25, 0.3) is 0 Å². The Bertz CT molecular complexity index is 142. The Morgan fingerprint density at radius 3 is 2.54 bits per heavy atom. The van der Waals surface area contributed by atoms with Crippen LogP contribution in [0.1, 0.15) is 26.2 Å². The van der Waals surface area contributed by atoms with E-state index in [9.17, 15) is 13.2 Å². The maximum Gasteiger partial charge on any atom is 0.389 e. The SMILES string of the molecule is C=CCC(C)NCCCC(F)(F)F. The van der Waals surface area contributed by atoms with Gasteiger partial charge in [-0.15, -0.1) is 6.58 Å². The lowest BCUT2D eigenvalue weighted by Crippen LogP contribution is -2.27. The first kappa shape index (κ1) is 12.5. The summed E-state index contributed by atoms with van der Waals surface area (Å²) in [5.74, 6) is 0. The maximum atomic E-state index is 11.7. The third kappa shape index (κ3) is 9.40. The third-order valence-corrected chi connectivity index (χ3v) is 1.65. The average molecular weight is 195 g/mol.